The summed E-state index contributed by atoms with van der Waals surface area (Å²) in [6.45, 7) is 4.55. The predicted octanol–water partition coefficient (Wildman–Crippen LogP) is 11.0. The predicted molar refractivity (Wildman–Crippen MR) is 163 cm³/mol. The average Bonchev–Trinajstić information content (AvgIpc) is 2.88. The zero-order valence-electron chi connectivity index (χ0n) is 25.5. The lowest BCUT2D eigenvalue weighted by atomic mass is 9.92. The molecule has 0 saturated carbocycles. The quantitative estimate of drug-likeness (QED) is 0.0728. The molecule has 0 aromatic heterocycles. The lowest BCUT2D eigenvalue weighted by Gasteiger charge is -2.12. The SMILES string of the molecule is CCCCCCCCCCCCCCCCCC(=O)C(CCCCCCCCCCCCCC)C(N)=O. The van der Waals surface area contributed by atoms with Crippen LogP contribution in [0.3, 0.4) is 0 Å². The normalized spacial score (nSPS) is 12.2. The van der Waals surface area contributed by atoms with Gasteiger partial charge in [0.15, 0.2) is 0 Å². The summed E-state index contributed by atoms with van der Waals surface area (Å²) >= 11 is 0. The molecule has 1 atom stereocenters. The lowest BCUT2D eigenvalue weighted by Crippen LogP contribution is -2.30. The largest absolute Gasteiger partial charge is 0.369 e. The first kappa shape index (κ1) is 36.1. The minimum atomic E-state index is -0.547. The van der Waals surface area contributed by atoms with Crippen molar-refractivity contribution in [2.75, 3.05) is 0 Å². The van der Waals surface area contributed by atoms with Crippen molar-refractivity contribution in [1.29, 1.82) is 0 Å². The van der Waals surface area contributed by atoms with Crippen LogP contribution in [0.5, 0.6) is 0 Å². The third-order valence-corrected chi connectivity index (χ3v) is 8.11. The van der Waals surface area contributed by atoms with Crippen molar-refractivity contribution in [3.8, 4) is 0 Å². The van der Waals surface area contributed by atoms with E-state index in [4.69, 9.17) is 5.73 Å². The molecule has 2 N–H and O–H groups in total. The van der Waals surface area contributed by atoms with Crippen molar-refractivity contribution in [3.63, 3.8) is 0 Å². The fourth-order valence-corrected chi connectivity index (χ4v) is 5.50. The molecule has 0 spiro atoms. The summed E-state index contributed by atoms with van der Waals surface area (Å²) < 4.78 is 0. The summed E-state index contributed by atoms with van der Waals surface area (Å²) in [5.74, 6) is -0.867. The number of unbranched alkanes of at least 4 members (excludes halogenated alkanes) is 25. The average molecular weight is 522 g/mol. The Hall–Kier alpha value is -0.860. The molecule has 0 aliphatic rings. The van der Waals surface area contributed by atoms with E-state index in [1.54, 1.807) is 0 Å². The number of primary amides is 1. The molecule has 1 amide bonds. The maximum Gasteiger partial charge on any atom is 0.227 e. The molecule has 0 rings (SSSR count). The molecule has 1 unspecified atom stereocenters. The minimum absolute atomic E-state index is 0.0882. The van der Waals surface area contributed by atoms with Crippen LogP contribution in [0.15, 0.2) is 0 Å². The maximum atomic E-state index is 12.6. The summed E-state index contributed by atoms with van der Waals surface area (Å²) in [7, 11) is 0. The molecule has 220 valence electrons. The Morgan fingerprint density at radius 3 is 1.00 bits per heavy atom. The van der Waals surface area contributed by atoms with E-state index in [9.17, 15) is 9.59 Å². The molecule has 0 aliphatic heterocycles. The molecule has 0 fully saturated rings. The van der Waals surface area contributed by atoms with Crippen LogP contribution in [-0.4, -0.2) is 11.7 Å². The molecule has 37 heavy (non-hydrogen) atoms. The standard InChI is InChI=1S/C34H67NO2/c1-3-5-7-9-11-13-15-17-18-19-21-23-25-27-29-31-33(36)32(34(35)37)30-28-26-24-22-20-16-14-12-10-8-6-4-2/h32H,3-31H2,1-2H3,(H2,35,37). The molecular weight excluding hydrogens is 454 g/mol. The van der Waals surface area contributed by atoms with Crippen LogP contribution in [0.4, 0.5) is 0 Å². The van der Waals surface area contributed by atoms with Crippen LogP contribution in [0, 0.1) is 5.92 Å². The van der Waals surface area contributed by atoms with E-state index in [-0.39, 0.29) is 5.78 Å². The Morgan fingerprint density at radius 1 is 0.432 bits per heavy atom. The summed E-state index contributed by atoms with van der Waals surface area (Å²) in [6.07, 6.45) is 36.5. The number of ketones is 1. The van der Waals surface area contributed by atoms with Gasteiger partial charge in [-0.15, -0.1) is 0 Å². The first-order valence-corrected chi connectivity index (χ1v) is 17.0. The highest BCUT2D eigenvalue weighted by Crippen LogP contribution is 2.18. The number of hydrogen-bond acceptors (Lipinski definition) is 2. The second-order valence-corrected chi connectivity index (χ2v) is 11.8. The van der Waals surface area contributed by atoms with Gasteiger partial charge in [0.2, 0.25) is 5.91 Å². The topological polar surface area (TPSA) is 60.2 Å². The fraction of sp³-hybridized carbons (Fsp3) is 0.941. The van der Waals surface area contributed by atoms with Crippen LogP contribution in [0.2, 0.25) is 0 Å². The maximum absolute atomic E-state index is 12.6. The third kappa shape index (κ3) is 26.5. The van der Waals surface area contributed by atoms with Gasteiger partial charge in [-0.3, -0.25) is 9.59 Å². The van der Waals surface area contributed by atoms with Crippen molar-refractivity contribution in [1.82, 2.24) is 0 Å². The van der Waals surface area contributed by atoms with Crippen LogP contribution in [-0.2, 0) is 9.59 Å². The highest BCUT2D eigenvalue weighted by atomic mass is 16.2. The molecule has 3 heteroatoms. The van der Waals surface area contributed by atoms with E-state index < -0.39 is 11.8 Å². The Balaban J connectivity index is 3.54. The van der Waals surface area contributed by atoms with E-state index in [1.165, 1.54) is 148 Å². The monoisotopic (exact) mass is 522 g/mol. The first-order valence-electron chi connectivity index (χ1n) is 17.0. The molecule has 0 aromatic rings. The van der Waals surface area contributed by atoms with Gasteiger partial charge < -0.3 is 5.73 Å². The van der Waals surface area contributed by atoms with Gasteiger partial charge in [-0.05, 0) is 12.8 Å². The number of rotatable bonds is 31. The van der Waals surface area contributed by atoms with Gasteiger partial charge in [-0.2, -0.15) is 0 Å². The van der Waals surface area contributed by atoms with Crippen molar-refractivity contribution in [2.24, 2.45) is 11.7 Å². The second-order valence-electron chi connectivity index (χ2n) is 11.8. The van der Waals surface area contributed by atoms with Gasteiger partial charge in [0, 0.05) is 6.42 Å². The summed E-state index contributed by atoms with van der Waals surface area (Å²) in [4.78, 5) is 24.4. The molecule has 0 aliphatic carbocycles. The van der Waals surface area contributed by atoms with E-state index in [2.05, 4.69) is 13.8 Å². The Kier molecular flexibility index (Phi) is 29.0. The molecule has 0 aromatic carbocycles. The summed E-state index contributed by atoms with van der Waals surface area (Å²) in [5.41, 5.74) is 5.57. The molecule has 3 nitrogen and oxygen atoms in total. The van der Waals surface area contributed by atoms with Gasteiger partial charge in [-0.25, -0.2) is 0 Å². The molecular formula is C34H67NO2. The van der Waals surface area contributed by atoms with Crippen LogP contribution < -0.4 is 5.73 Å². The number of carbonyl (C=O) groups is 2. The van der Waals surface area contributed by atoms with E-state index in [0.29, 0.717) is 12.8 Å². The molecule has 0 bridgehead atoms. The molecule has 0 radical (unpaired) electrons. The summed E-state index contributed by atoms with van der Waals surface area (Å²) in [6, 6.07) is 0. The zero-order chi connectivity index (χ0) is 27.2. The van der Waals surface area contributed by atoms with Gasteiger partial charge in [0.1, 0.15) is 5.78 Å². The van der Waals surface area contributed by atoms with Crippen LogP contribution >= 0.6 is 0 Å². The lowest BCUT2D eigenvalue weighted by molar-refractivity contribution is -0.132. The summed E-state index contributed by atoms with van der Waals surface area (Å²) in [5, 5.41) is 0. The highest BCUT2D eigenvalue weighted by molar-refractivity contribution is 6.00. The van der Waals surface area contributed by atoms with E-state index in [0.717, 1.165) is 25.7 Å². The highest BCUT2D eigenvalue weighted by Gasteiger charge is 2.22. The second kappa shape index (κ2) is 29.7. The molecule has 0 saturated heterocycles. The number of hydrogen-bond donors (Lipinski definition) is 1. The zero-order valence-corrected chi connectivity index (χ0v) is 25.5. The first-order chi connectivity index (χ1) is 18.1. The van der Waals surface area contributed by atoms with Crippen molar-refractivity contribution < 1.29 is 9.59 Å². The van der Waals surface area contributed by atoms with Gasteiger partial charge >= 0.3 is 0 Å². The smallest absolute Gasteiger partial charge is 0.227 e. The third-order valence-electron chi connectivity index (χ3n) is 8.11. The van der Waals surface area contributed by atoms with E-state index >= 15 is 0 Å². The Labute approximate surface area is 232 Å². The van der Waals surface area contributed by atoms with Crippen molar-refractivity contribution >= 4 is 11.7 Å². The van der Waals surface area contributed by atoms with Crippen molar-refractivity contribution in [2.45, 2.75) is 200 Å². The fourth-order valence-electron chi connectivity index (χ4n) is 5.50. The Bertz CT molecular complexity index is 490. The number of nitrogens with two attached hydrogens (primary N) is 1. The van der Waals surface area contributed by atoms with Gasteiger partial charge in [-0.1, -0.05) is 181 Å². The minimum Gasteiger partial charge on any atom is -0.369 e. The number of amides is 1. The number of Topliss-reactive ketones (excluding diaryl/α,β-unsaturated/α-hetero) is 1. The van der Waals surface area contributed by atoms with Crippen LogP contribution in [0.1, 0.15) is 200 Å². The van der Waals surface area contributed by atoms with Gasteiger partial charge in [0.05, 0.1) is 5.92 Å². The Morgan fingerprint density at radius 2 is 0.703 bits per heavy atom. The van der Waals surface area contributed by atoms with E-state index in [1.807, 2.05) is 0 Å². The number of carbonyl (C=O) groups excluding carboxylic acids is 2. The molecule has 0 heterocycles. The van der Waals surface area contributed by atoms with Crippen LogP contribution in [0.25, 0.3) is 0 Å². The van der Waals surface area contributed by atoms with Gasteiger partial charge in [0.25, 0.3) is 0 Å². The van der Waals surface area contributed by atoms with Crippen molar-refractivity contribution in [3.05, 3.63) is 0 Å².